The van der Waals surface area contributed by atoms with E-state index < -0.39 is 12.1 Å². The Hall–Kier alpha value is -2.00. The summed E-state index contributed by atoms with van der Waals surface area (Å²) in [5.74, 6) is 3.49. The summed E-state index contributed by atoms with van der Waals surface area (Å²) in [4.78, 5) is 10.9. The van der Waals surface area contributed by atoms with Gasteiger partial charge in [0.2, 0.25) is 0 Å². The molecule has 0 aliphatic carbocycles. The predicted molar refractivity (Wildman–Crippen MR) is 68.9 cm³/mol. The van der Waals surface area contributed by atoms with Crippen molar-refractivity contribution in [1.29, 1.82) is 0 Å². The van der Waals surface area contributed by atoms with Gasteiger partial charge in [0.25, 0.3) is 0 Å². The average molecular weight is 285 g/mol. The summed E-state index contributed by atoms with van der Waals surface area (Å²) in [6.07, 6.45) is -3.06. The van der Waals surface area contributed by atoms with Crippen LogP contribution in [0.3, 0.4) is 0 Å². The highest BCUT2D eigenvalue weighted by atomic mass is 19.4. The summed E-state index contributed by atoms with van der Waals surface area (Å²) >= 11 is 0. The van der Waals surface area contributed by atoms with Crippen LogP contribution in [0.25, 0.3) is 0 Å². The van der Waals surface area contributed by atoms with Crippen molar-refractivity contribution in [2.45, 2.75) is 25.4 Å². The first-order valence-electron chi connectivity index (χ1n) is 6.02. The number of para-hydroxylation sites is 1. The highest BCUT2D eigenvalue weighted by molar-refractivity contribution is 5.96. The van der Waals surface area contributed by atoms with Crippen LogP contribution < -0.4 is 5.32 Å². The van der Waals surface area contributed by atoms with Gasteiger partial charge < -0.3 is 10.4 Å². The van der Waals surface area contributed by atoms with E-state index in [0.717, 1.165) is 0 Å². The van der Waals surface area contributed by atoms with Gasteiger partial charge in [-0.1, -0.05) is 24.0 Å². The topological polar surface area (TPSA) is 49.3 Å². The molecule has 20 heavy (non-hydrogen) atoms. The molecule has 0 atom stereocenters. The van der Waals surface area contributed by atoms with Gasteiger partial charge in [-0.15, -0.1) is 0 Å². The molecule has 0 spiro atoms. The number of carbonyl (C=O) groups excluding carboxylic acids is 1. The normalized spacial score (nSPS) is 10.6. The summed E-state index contributed by atoms with van der Waals surface area (Å²) in [6, 6.07) is 6.04. The highest BCUT2D eigenvalue weighted by Crippen LogP contribution is 2.20. The first-order valence-corrected chi connectivity index (χ1v) is 6.02. The molecule has 0 bridgehead atoms. The van der Waals surface area contributed by atoms with Crippen LogP contribution in [0.5, 0.6) is 0 Å². The van der Waals surface area contributed by atoms with E-state index in [0.29, 0.717) is 24.8 Å². The van der Waals surface area contributed by atoms with E-state index in [9.17, 15) is 18.0 Å². The van der Waals surface area contributed by atoms with Crippen molar-refractivity contribution in [1.82, 2.24) is 0 Å². The molecule has 0 aromatic heterocycles. The molecule has 0 aliphatic heterocycles. The molecule has 0 radical (unpaired) electrons. The van der Waals surface area contributed by atoms with Gasteiger partial charge >= 0.3 is 12.1 Å². The Bertz CT molecular complexity index is 515. The minimum atomic E-state index is -4.93. The van der Waals surface area contributed by atoms with Crippen LogP contribution in [-0.4, -0.2) is 23.8 Å². The highest BCUT2D eigenvalue weighted by Gasteiger charge is 2.38. The molecule has 0 unspecified atom stereocenters. The van der Waals surface area contributed by atoms with Crippen molar-refractivity contribution in [2.75, 3.05) is 11.9 Å². The van der Waals surface area contributed by atoms with Crippen molar-refractivity contribution in [3.05, 3.63) is 29.8 Å². The number of hydrogen-bond donors (Lipinski definition) is 2. The monoisotopic (exact) mass is 285 g/mol. The summed E-state index contributed by atoms with van der Waals surface area (Å²) < 4.78 is 36.6. The summed E-state index contributed by atoms with van der Waals surface area (Å²) in [5, 5.41) is 10.4. The van der Waals surface area contributed by atoms with Gasteiger partial charge in [-0.05, 0) is 25.0 Å². The Balaban J connectivity index is 2.76. The van der Waals surface area contributed by atoms with Gasteiger partial charge in [0.15, 0.2) is 0 Å². The number of carbonyl (C=O) groups is 1. The first kappa shape index (κ1) is 16.1. The molecule has 1 aromatic rings. The Morgan fingerprint density at radius 1 is 1.25 bits per heavy atom. The number of benzene rings is 1. The van der Waals surface area contributed by atoms with Crippen molar-refractivity contribution in [3.63, 3.8) is 0 Å². The number of anilines is 1. The van der Waals surface area contributed by atoms with Crippen molar-refractivity contribution in [3.8, 4) is 11.8 Å². The van der Waals surface area contributed by atoms with Gasteiger partial charge in [0.1, 0.15) is 0 Å². The summed E-state index contributed by atoms with van der Waals surface area (Å²) in [7, 11) is 0. The Morgan fingerprint density at radius 2 is 1.95 bits per heavy atom. The van der Waals surface area contributed by atoms with Crippen LogP contribution in [0.15, 0.2) is 24.3 Å². The number of nitrogens with one attached hydrogen (secondary N) is 1. The zero-order valence-corrected chi connectivity index (χ0v) is 10.6. The number of halogens is 3. The third kappa shape index (κ3) is 5.33. The maximum absolute atomic E-state index is 12.2. The maximum Gasteiger partial charge on any atom is 0.471 e. The van der Waals surface area contributed by atoms with Gasteiger partial charge in [0, 0.05) is 18.6 Å². The zero-order chi connectivity index (χ0) is 15.0. The number of aliphatic hydroxyl groups is 1. The number of aliphatic hydroxyl groups excluding tert-OH is 1. The molecule has 0 fully saturated rings. The van der Waals surface area contributed by atoms with Crippen molar-refractivity contribution in [2.24, 2.45) is 0 Å². The molecule has 0 saturated carbocycles. The Kier molecular flexibility index (Phi) is 6.07. The molecule has 0 heterocycles. The maximum atomic E-state index is 12.2. The van der Waals surface area contributed by atoms with Crippen molar-refractivity contribution >= 4 is 11.6 Å². The fraction of sp³-hybridized carbons (Fsp3) is 0.357. The van der Waals surface area contributed by atoms with E-state index in [1.54, 1.807) is 11.4 Å². The van der Waals surface area contributed by atoms with Gasteiger partial charge in [-0.2, -0.15) is 13.2 Å². The number of rotatable bonds is 4. The van der Waals surface area contributed by atoms with Crippen LogP contribution in [0.4, 0.5) is 18.9 Å². The second-order valence-corrected chi connectivity index (χ2v) is 3.98. The predicted octanol–water partition coefficient (Wildman–Crippen LogP) is 2.70. The molecule has 108 valence electrons. The number of alkyl halides is 3. The zero-order valence-electron chi connectivity index (χ0n) is 10.6. The summed E-state index contributed by atoms with van der Waals surface area (Å²) in [5.41, 5.74) is 0.360. The SMILES string of the molecule is O=C(Nc1ccccc1C#CCCCCO)C(F)(F)F. The van der Waals surface area contributed by atoms with Crippen LogP contribution in [0, 0.1) is 11.8 Å². The Labute approximate surface area is 114 Å². The third-order valence-corrected chi connectivity index (χ3v) is 2.37. The third-order valence-electron chi connectivity index (χ3n) is 2.37. The first-order chi connectivity index (χ1) is 9.45. The van der Waals surface area contributed by atoms with Crippen LogP contribution in [0.1, 0.15) is 24.8 Å². The van der Waals surface area contributed by atoms with Crippen LogP contribution in [0.2, 0.25) is 0 Å². The molecule has 6 heteroatoms. The molecule has 1 aromatic carbocycles. The quantitative estimate of drug-likeness (QED) is 0.660. The standard InChI is InChI=1S/C14H14F3NO2/c15-14(16,17)13(20)18-12-9-5-4-8-11(12)7-3-1-2-6-10-19/h4-5,8-9,19H,1-2,6,10H2,(H,18,20). The molecule has 3 nitrogen and oxygen atoms in total. The van der Waals surface area contributed by atoms with Gasteiger partial charge in [-0.25, -0.2) is 0 Å². The van der Waals surface area contributed by atoms with Crippen LogP contribution >= 0.6 is 0 Å². The largest absolute Gasteiger partial charge is 0.471 e. The van der Waals surface area contributed by atoms with Gasteiger partial charge in [-0.3, -0.25) is 4.79 Å². The second kappa shape index (κ2) is 7.56. The van der Waals surface area contributed by atoms with E-state index in [4.69, 9.17) is 5.11 Å². The molecule has 0 aliphatic rings. The van der Waals surface area contributed by atoms with Crippen LogP contribution in [-0.2, 0) is 4.79 Å². The lowest BCUT2D eigenvalue weighted by Crippen LogP contribution is -2.30. The number of unbranched alkanes of at least 4 members (excludes halogenated alkanes) is 2. The smallest absolute Gasteiger partial charge is 0.396 e. The fourth-order valence-corrected chi connectivity index (χ4v) is 1.38. The average Bonchev–Trinajstić information content (AvgIpc) is 2.39. The number of hydrogen-bond acceptors (Lipinski definition) is 2. The van der Waals surface area contributed by atoms with E-state index in [1.807, 2.05) is 0 Å². The van der Waals surface area contributed by atoms with E-state index in [1.165, 1.54) is 18.2 Å². The lowest BCUT2D eigenvalue weighted by atomic mass is 10.1. The van der Waals surface area contributed by atoms with E-state index in [2.05, 4.69) is 11.8 Å². The minimum absolute atomic E-state index is 0.0319. The molecular formula is C14H14F3NO2. The van der Waals surface area contributed by atoms with Gasteiger partial charge in [0.05, 0.1) is 5.69 Å². The molecular weight excluding hydrogens is 271 g/mol. The summed E-state index contributed by atoms with van der Waals surface area (Å²) in [6.45, 7) is 0.0832. The molecule has 0 saturated heterocycles. The minimum Gasteiger partial charge on any atom is -0.396 e. The molecule has 1 rings (SSSR count). The van der Waals surface area contributed by atoms with E-state index in [-0.39, 0.29) is 12.3 Å². The second-order valence-electron chi connectivity index (χ2n) is 3.98. The lowest BCUT2D eigenvalue weighted by Gasteiger charge is -2.09. The lowest BCUT2D eigenvalue weighted by molar-refractivity contribution is -0.167. The fourth-order valence-electron chi connectivity index (χ4n) is 1.38. The number of amides is 1. The molecule has 2 N–H and O–H groups in total. The molecule has 1 amide bonds. The van der Waals surface area contributed by atoms with E-state index >= 15 is 0 Å². The van der Waals surface area contributed by atoms with Crippen molar-refractivity contribution < 1.29 is 23.1 Å². The Morgan fingerprint density at radius 3 is 2.60 bits per heavy atom.